The van der Waals surface area contributed by atoms with Gasteiger partial charge in [0.25, 0.3) is 5.91 Å². The molecule has 3 heterocycles. The van der Waals surface area contributed by atoms with Crippen LogP contribution >= 0.6 is 11.5 Å². The monoisotopic (exact) mass is 333 g/mol. The second-order valence-corrected chi connectivity index (χ2v) is 7.05. The van der Waals surface area contributed by atoms with Gasteiger partial charge in [0.2, 0.25) is 0 Å². The number of rotatable bonds is 4. The lowest BCUT2D eigenvalue weighted by atomic mass is 10.0. The molecular formula is C16H23N5OS. The van der Waals surface area contributed by atoms with Crippen LogP contribution in [0.4, 0.5) is 0 Å². The van der Waals surface area contributed by atoms with Crippen LogP contribution in [0.25, 0.3) is 0 Å². The lowest BCUT2D eigenvalue weighted by Gasteiger charge is -2.34. The summed E-state index contributed by atoms with van der Waals surface area (Å²) >= 11 is 1.21. The van der Waals surface area contributed by atoms with E-state index in [0.717, 1.165) is 43.9 Å². The molecule has 0 aliphatic carbocycles. The summed E-state index contributed by atoms with van der Waals surface area (Å²) in [6.07, 6.45) is 6.74. The van der Waals surface area contributed by atoms with Gasteiger partial charge in [-0.3, -0.25) is 4.79 Å². The third-order valence-electron chi connectivity index (χ3n) is 4.38. The van der Waals surface area contributed by atoms with E-state index in [2.05, 4.69) is 33.0 Å². The predicted octanol–water partition coefficient (Wildman–Crippen LogP) is 2.90. The maximum Gasteiger partial charge on any atom is 0.267 e. The van der Waals surface area contributed by atoms with Crippen LogP contribution in [0.2, 0.25) is 0 Å². The van der Waals surface area contributed by atoms with Gasteiger partial charge in [-0.2, -0.15) is 0 Å². The molecule has 2 aromatic heterocycles. The molecule has 0 saturated carbocycles. The summed E-state index contributed by atoms with van der Waals surface area (Å²) in [6, 6.07) is 0.304. The number of hydrogen-bond acceptors (Lipinski definition) is 5. The lowest BCUT2D eigenvalue weighted by Crippen LogP contribution is -2.41. The molecule has 7 heteroatoms. The maximum absolute atomic E-state index is 12.8. The molecule has 0 bridgehead atoms. The molecule has 6 nitrogen and oxygen atoms in total. The molecule has 0 radical (unpaired) electrons. The minimum atomic E-state index is 0.0766. The quantitative estimate of drug-likeness (QED) is 0.863. The van der Waals surface area contributed by atoms with E-state index < -0.39 is 0 Å². The molecule has 1 aliphatic rings. The van der Waals surface area contributed by atoms with Crippen molar-refractivity contribution in [2.75, 3.05) is 13.1 Å². The molecule has 2 aromatic rings. The van der Waals surface area contributed by atoms with Gasteiger partial charge in [-0.15, -0.1) is 5.10 Å². The van der Waals surface area contributed by atoms with Crippen LogP contribution in [0.5, 0.6) is 0 Å². The fourth-order valence-electron chi connectivity index (χ4n) is 3.19. The average molecular weight is 333 g/mol. The van der Waals surface area contributed by atoms with Crippen LogP contribution in [0.1, 0.15) is 66.8 Å². The number of aryl methyl sites for hydroxylation is 1. The SMILES string of the molecule is CCc1nnsc1C(=O)N1CCC[C@@H](n2ccnc2C(C)C)C1. The lowest BCUT2D eigenvalue weighted by molar-refractivity contribution is 0.0681. The van der Waals surface area contributed by atoms with Crippen LogP contribution in [0, 0.1) is 0 Å². The highest BCUT2D eigenvalue weighted by molar-refractivity contribution is 7.08. The van der Waals surface area contributed by atoms with Crippen molar-refractivity contribution in [3.8, 4) is 0 Å². The van der Waals surface area contributed by atoms with Gasteiger partial charge >= 0.3 is 0 Å². The summed E-state index contributed by atoms with van der Waals surface area (Å²) in [5.74, 6) is 1.55. The zero-order chi connectivity index (χ0) is 16.4. The van der Waals surface area contributed by atoms with Gasteiger partial charge in [0, 0.05) is 31.4 Å². The average Bonchev–Trinajstić information content (AvgIpc) is 3.23. The van der Waals surface area contributed by atoms with Gasteiger partial charge in [0.15, 0.2) is 0 Å². The third kappa shape index (κ3) is 3.15. The Labute approximate surface area is 140 Å². The number of piperidine rings is 1. The molecule has 124 valence electrons. The van der Waals surface area contributed by atoms with Crippen molar-refractivity contribution in [3.05, 3.63) is 28.8 Å². The van der Waals surface area contributed by atoms with Crippen molar-refractivity contribution < 1.29 is 4.79 Å². The smallest absolute Gasteiger partial charge is 0.267 e. The number of likely N-dealkylation sites (tertiary alicyclic amines) is 1. The predicted molar refractivity (Wildman–Crippen MR) is 89.8 cm³/mol. The minimum absolute atomic E-state index is 0.0766. The maximum atomic E-state index is 12.8. The Balaban J connectivity index is 1.78. The number of carbonyl (C=O) groups excluding carboxylic acids is 1. The Kier molecular flexibility index (Phi) is 4.75. The number of carbonyl (C=O) groups is 1. The number of imidazole rings is 1. The summed E-state index contributed by atoms with van der Waals surface area (Å²) in [5, 5.41) is 4.06. The summed E-state index contributed by atoms with van der Waals surface area (Å²) < 4.78 is 6.19. The second-order valence-electron chi connectivity index (χ2n) is 6.30. The van der Waals surface area contributed by atoms with E-state index in [4.69, 9.17) is 0 Å². The molecule has 1 fully saturated rings. The van der Waals surface area contributed by atoms with Gasteiger partial charge in [-0.05, 0) is 30.8 Å². The second kappa shape index (κ2) is 6.78. The first-order chi connectivity index (χ1) is 11.1. The Hall–Kier alpha value is -1.76. The van der Waals surface area contributed by atoms with E-state index in [-0.39, 0.29) is 5.91 Å². The topological polar surface area (TPSA) is 63.9 Å². The van der Waals surface area contributed by atoms with Crippen LogP contribution in [-0.4, -0.2) is 43.0 Å². The molecule has 1 amide bonds. The third-order valence-corrected chi connectivity index (χ3v) is 5.13. The van der Waals surface area contributed by atoms with Crippen molar-refractivity contribution in [3.63, 3.8) is 0 Å². The van der Waals surface area contributed by atoms with Crippen LogP contribution in [0.15, 0.2) is 12.4 Å². The largest absolute Gasteiger partial charge is 0.336 e. The molecule has 1 atom stereocenters. The Morgan fingerprint density at radius 2 is 2.30 bits per heavy atom. The standard InChI is InChI=1S/C16H23N5OS/c1-4-13-14(23-19-18-13)16(22)20-8-5-6-12(10-20)21-9-7-17-15(21)11(2)3/h7,9,11-12H,4-6,8,10H2,1-3H3/t12-/m1/s1. The van der Waals surface area contributed by atoms with Crippen molar-refractivity contribution in [2.45, 2.75) is 52.0 Å². The summed E-state index contributed by atoms with van der Waals surface area (Å²) in [5.41, 5.74) is 0.813. The van der Waals surface area contributed by atoms with Crippen LogP contribution in [-0.2, 0) is 6.42 Å². The summed E-state index contributed by atoms with van der Waals surface area (Å²) in [7, 11) is 0. The first kappa shape index (κ1) is 16.1. The zero-order valence-electron chi connectivity index (χ0n) is 13.9. The van der Waals surface area contributed by atoms with Gasteiger partial charge < -0.3 is 9.47 Å². The highest BCUT2D eigenvalue weighted by atomic mass is 32.1. The Morgan fingerprint density at radius 3 is 3.04 bits per heavy atom. The van der Waals surface area contributed by atoms with Crippen molar-refractivity contribution in [1.82, 2.24) is 24.0 Å². The van der Waals surface area contributed by atoms with Crippen molar-refractivity contribution >= 4 is 17.4 Å². The number of aromatic nitrogens is 4. The molecular weight excluding hydrogens is 310 g/mol. The van der Waals surface area contributed by atoms with E-state index in [0.29, 0.717) is 16.8 Å². The molecule has 23 heavy (non-hydrogen) atoms. The van der Waals surface area contributed by atoms with Crippen molar-refractivity contribution in [1.29, 1.82) is 0 Å². The molecule has 0 aromatic carbocycles. The molecule has 0 unspecified atom stereocenters. The van der Waals surface area contributed by atoms with E-state index >= 15 is 0 Å². The van der Waals surface area contributed by atoms with E-state index in [9.17, 15) is 4.79 Å². The van der Waals surface area contributed by atoms with Crippen LogP contribution < -0.4 is 0 Å². The molecule has 0 N–H and O–H groups in total. The fourth-order valence-corrected chi connectivity index (χ4v) is 3.91. The minimum Gasteiger partial charge on any atom is -0.336 e. The van der Waals surface area contributed by atoms with E-state index in [1.807, 2.05) is 24.2 Å². The normalized spacial score (nSPS) is 18.6. The molecule has 1 saturated heterocycles. The first-order valence-electron chi connectivity index (χ1n) is 8.25. The number of amides is 1. The summed E-state index contributed by atoms with van der Waals surface area (Å²) in [4.78, 5) is 19.9. The van der Waals surface area contributed by atoms with E-state index in [1.54, 1.807) is 0 Å². The van der Waals surface area contributed by atoms with Crippen LogP contribution in [0.3, 0.4) is 0 Å². The fraction of sp³-hybridized carbons (Fsp3) is 0.625. The number of nitrogens with zero attached hydrogens (tertiary/aromatic N) is 5. The molecule has 3 rings (SSSR count). The number of hydrogen-bond donors (Lipinski definition) is 0. The Bertz CT molecular complexity index is 678. The molecule has 0 spiro atoms. The highest BCUT2D eigenvalue weighted by Gasteiger charge is 2.29. The highest BCUT2D eigenvalue weighted by Crippen LogP contribution is 2.27. The van der Waals surface area contributed by atoms with Gasteiger partial charge in [-0.1, -0.05) is 25.3 Å². The van der Waals surface area contributed by atoms with E-state index in [1.165, 1.54) is 11.5 Å². The van der Waals surface area contributed by atoms with Gasteiger partial charge in [-0.25, -0.2) is 4.98 Å². The Morgan fingerprint density at radius 1 is 1.48 bits per heavy atom. The zero-order valence-corrected chi connectivity index (χ0v) is 14.7. The van der Waals surface area contributed by atoms with Gasteiger partial charge in [0.1, 0.15) is 10.7 Å². The summed E-state index contributed by atoms with van der Waals surface area (Å²) in [6.45, 7) is 7.85. The van der Waals surface area contributed by atoms with Gasteiger partial charge in [0.05, 0.1) is 11.7 Å². The van der Waals surface area contributed by atoms with Crippen molar-refractivity contribution in [2.24, 2.45) is 0 Å². The molecule has 1 aliphatic heterocycles. The first-order valence-corrected chi connectivity index (χ1v) is 9.02.